The van der Waals surface area contributed by atoms with Crippen LogP contribution in [0.25, 0.3) is 0 Å². The zero-order valence-electron chi connectivity index (χ0n) is 13.0. The molecule has 0 radical (unpaired) electrons. The zero-order valence-corrected chi connectivity index (χ0v) is 13.0. The lowest BCUT2D eigenvalue weighted by atomic mass is 10.2. The van der Waals surface area contributed by atoms with E-state index in [1.807, 2.05) is 25.5 Å². The van der Waals surface area contributed by atoms with Crippen LogP contribution < -0.4 is 10.2 Å². The maximum Gasteiger partial charge on any atom is 0.229 e. The molecule has 1 N–H and O–H groups in total. The van der Waals surface area contributed by atoms with Crippen molar-refractivity contribution < 1.29 is 0 Å². The Hall–Kier alpha value is -2.15. The van der Waals surface area contributed by atoms with Crippen molar-refractivity contribution in [3.63, 3.8) is 0 Å². The van der Waals surface area contributed by atoms with Gasteiger partial charge in [-0.15, -0.1) is 0 Å². The number of aromatic nitrogens is 4. The van der Waals surface area contributed by atoms with Crippen LogP contribution in [-0.4, -0.2) is 56.9 Å². The normalized spacial score (nSPS) is 24.7. The predicted octanol–water partition coefficient (Wildman–Crippen LogP) is 1.24. The molecule has 2 aromatic heterocycles. The molecule has 0 unspecified atom stereocenters. The van der Waals surface area contributed by atoms with Crippen LogP contribution in [0.1, 0.15) is 12.8 Å². The lowest BCUT2D eigenvalue weighted by Crippen LogP contribution is -2.52. The van der Waals surface area contributed by atoms with E-state index in [1.54, 1.807) is 10.9 Å². The average Bonchev–Trinajstić information content (AvgIpc) is 2.98. The lowest BCUT2D eigenvalue weighted by molar-refractivity contribution is 0.212. The molecule has 2 aromatic rings. The van der Waals surface area contributed by atoms with Crippen LogP contribution in [-0.2, 0) is 7.05 Å². The standard InChI is InChI=1S/C15H21N7/c1-20-8-11(7-17-20)18-15-16-6-5-14(19-15)22-9-12-3-4-13(10-22)21(12)2/h5-8,12-13H,3-4,9-10H2,1-2H3,(H,16,18,19)/t12-,13+. The van der Waals surface area contributed by atoms with Gasteiger partial charge in [-0.25, -0.2) is 4.98 Å². The van der Waals surface area contributed by atoms with Gasteiger partial charge in [0.25, 0.3) is 0 Å². The van der Waals surface area contributed by atoms with Crippen molar-refractivity contribution in [1.82, 2.24) is 24.6 Å². The molecule has 22 heavy (non-hydrogen) atoms. The average molecular weight is 299 g/mol. The third-order valence-corrected chi connectivity index (χ3v) is 4.77. The van der Waals surface area contributed by atoms with Crippen LogP contribution in [0.5, 0.6) is 0 Å². The third kappa shape index (κ3) is 2.41. The quantitative estimate of drug-likeness (QED) is 0.920. The molecule has 0 amide bonds. The van der Waals surface area contributed by atoms with Crippen LogP contribution in [0.2, 0.25) is 0 Å². The van der Waals surface area contributed by atoms with Gasteiger partial charge in [-0.2, -0.15) is 10.1 Å². The summed E-state index contributed by atoms with van der Waals surface area (Å²) in [5, 5.41) is 7.35. The van der Waals surface area contributed by atoms with Gasteiger partial charge < -0.3 is 10.2 Å². The van der Waals surface area contributed by atoms with Gasteiger partial charge in [0.05, 0.1) is 11.9 Å². The van der Waals surface area contributed by atoms with E-state index in [2.05, 4.69) is 37.2 Å². The van der Waals surface area contributed by atoms with Gasteiger partial charge >= 0.3 is 0 Å². The fourth-order valence-corrected chi connectivity index (χ4v) is 3.50. The van der Waals surface area contributed by atoms with Crippen LogP contribution >= 0.6 is 0 Å². The summed E-state index contributed by atoms with van der Waals surface area (Å²) in [7, 11) is 4.14. The summed E-state index contributed by atoms with van der Waals surface area (Å²) in [6, 6.07) is 3.31. The second-order valence-electron chi connectivity index (χ2n) is 6.22. The number of fused-ring (bicyclic) bond motifs is 2. The van der Waals surface area contributed by atoms with E-state index in [-0.39, 0.29) is 0 Å². The van der Waals surface area contributed by atoms with Crippen molar-refractivity contribution in [3.05, 3.63) is 24.7 Å². The third-order valence-electron chi connectivity index (χ3n) is 4.77. The summed E-state index contributed by atoms with van der Waals surface area (Å²) in [4.78, 5) is 13.9. The van der Waals surface area contributed by atoms with Crippen LogP contribution in [0.4, 0.5) is 17.5 Å². The summed E-state index contributed by atoms with van der Waals surface area (Å²) in [5.74, 6) is 1.63. The van der Waals surface area contributed by atoms with Crippen molar-refractivity contribution in [2.45, 2.75) is 24.9 Å². The maximum atomic E-state index is 4.67. The summed E-state index contributed by atoms with van der Waals surface area (Å²) >= 11 is 0. The second-order valence-corrected chi connectivity index (χ2v) is 6.22. The molecule has 2 fully saturated rings. The maximum absolute atomic E-state index is 4.67. The molecule has 0 spiro atoms. The molecule has 2 aliphatic rings. The minimum absolute atomic E-state index is 0.622. The van der Waals surface area contributed by atoms with Crippen LogP contribution in [0.15, 0.2) is 24.7 Å². The Bertz CT molecular complexity index is 653. The molecule has 2 atom stereocenters. The molecule has 4 heterocycles. The summed E-state index contributed by atoms with van der Waals surface area (Å²) in [6.45, 7) is 2.10. The fourth-order valence-electron chi connectivity index (χ4n) is 3.50. The highest BCUT2D eigenvalue weighted by molar-refractivity contribution is 5.53. The number of anilines is 3. The molecule has 116 valence electrons. The molecule has 2 aliphatic heterocycles. The molecule has 4 rings (SSSR count). The predicted molar refractivity (Wildman–Crippen MR) is 85.3 cm³/mol. The van der Waals surface area contributed by atoms with Crippen molar-refractivity contribution in [2.75, 3.05) is 30.4 Å². The topological polar surface area (TPSA) is 62.1 Å². The number of likely N-dealkylation sites (N-methyl/N-ethyl adjacent to an activating group) is 1. The molecule has 0 saturated carbocycles. The van der Waals surface area contributed by atoms with Crippen LogP contribution in [0, 0.1) is 0 Å². The van der Waals surface area contributed by atoms with Gasteiger partial charge in [0.2, 0.25) is 5.95 Å². The number of piperazine rings is 1. The van der Waals surface area contributed by atoms with Crippen molar-refractivity contribution in [3.8, 4) is 0 Å². The monoisotopic (exact) mass is 299 g/mol. The Kier molecular flexibility index (Phi) is 3.22. The van der Waals surface area contributed by atoms with E-state index in [9.17, 15) is 0 Å². The molecular weight excluding hydrogens is 278 g/mol. The number of nitrogens with one attached hydrogen (secondary N) is 1. The van der Waals surface area contributed by atoms with E-state index < -0.39 is 0 Å². The van der Waals surface area contributed by atoms with Gasteiger partial charge in [-0.1, -0.05) is 0 Å². The number of hydrogen-bond donors (Lipinski definition) is 1. The second kappa shape index (κ2) is 5.24. The largest absolute Gasteiger partial charge is 0.353 e. The van der Waals surface area contributed by atoms with Crippen LogP contribution in [0.3, 0.4) is 0 Å². The highest BCUT2D eigenvalue weighted by Gasteiger charge is 2.37. The van der Waals surface area contributed by atoms with E-state index in [0.717, 1.165) is 24.6 Å². The Morgan fingerprint density at radius 1 is 1.18 bits per heavy atom. The molecule has 2 bridgehead atoms. The molecular formula is C15H21N7. The fraction of sp³-hybridized carbons (Fsp3) is 0.533. The number of rotatable bonds is 3. The Morgan fingerprint density at radius 3 is 2.64 bits per heavy atom. The first kappa shape index (κ1) is 13.5. The van der Waals surface area contributed by atoms with E-state index in [1.165, 1.54) is 12.8 Å². The van der Waals surface area contributed by atoms with Crippen molar-refractivity contribution in [1.29, 1.82) is 0 Å². The summed E-state index contributed by atoms with van der Waals surface area (Å²) in [5.41, 5.74) is 0.901. The molecule has 7 nitrogen and oxygen atoms in total. The van der Waals surface area contributed by atoms with Gasteiger partial charge in [0.15, 0.2) is 0 Å². The minimum atomic E-state index is 0.622. The smallest absolute Gasteiger partial charge is 0.229 e. The molecule has 0 aliphatic carbocycles. The SMILES string of the molecule is CN1[C@@H]2CC[C@H]1CN(c1ccnc(Nc3cnn(C)c3)n1)C2. The first-order valence-electron chi connectivity index (χ1n) is 7.74. The number of nitrogens with zero attached hydrogens (tertiary/aromatic N) is 6. The lowest BCUT2D eigenvalue weighted by Gasteiger charge is -2.39. The van der Waals surface area contributed by atoms with Crippen molar-refractivity contribution in [2.24, 2.45) is 7.05 Å². The highest BCUT2D eigenvalue weighted by Crippen LogP contribution is 2.30. The Morgan fingerprint density at radius 2 is 1.95 bits per heavy atom. The van der Waals surface area contributed by atoms with Crippen molar-refractivity contribution >= 4 is 17.5 Å². The number of hydrogen-bond acceptors (Lipinski definition) is 6. The highest BCUT2D eigenvalue weighted by atomic mass is 15.3. The summed E-state index contributed by atoms with van der Waals surface area (Å²) in [6.07, 6.45) is 8.09. The number of aryl methyl sites for hydroxylation is 1. The molecule has 0 aromatic carbocycles. The Labute approximate surface area is 130 Å². The van der Waals surface area contributed by atoms with E-state index >= 15 is 0 Å². The van der Waals surface area contributed by atoms with Gasteiger partial charge in [0, 0.05) is 44.6 Å². The first-order chi connectivity index (χ1) is 10.7. The zero-order chi connectivity index (χ0) is 15.1. The first-order valence-corrected chi connectivity index (χ1v) is 7.74. The molecule has 2 saturated heterocycles. The Balaban J connectivity index is 1.52. The minimum Gasteiger partial charge on any atom is -0.353 e. The van der Waals surface area contributed by atoms with Gasteiger partial charge in [0.1, 0.15) is 5.82 Å². The summed E-state index contributed by atoms with van der Waals surface area (Å²) < 4.78 is 1.75. The molecule has 7 heteroatoms. The van der Waals surface area contributed by atoms with E-state index in [4.69, 9.17) is 0 Å². The van der Waals surface area contributed by atoms with E-state index in [0.29, 0.717) is 18.0 Å². The van der Waals surface area contributed by atoms with Gasteiger partial charge in [-0.05, 0) is 26.0 Å². The van der Waals surface area contributed by atoms with Gasteiger partial charge in [-0.3, -0.25) is 9.58 Å².